The molecule has 84 valence electrons. The maximum Gasteiger partial charge on any atom is 0.160 e. The Hall–Kier alpha value is -1.35. The average Bonchev–Trinajstić information content (AvgIpc) is 2.77. The topological polar surface area (TPSA) is 20.3 Å². The summed E-state index contributed by atoms with van der Waals surface area (Å²) in [5, 5.41) is 0. The summed E-state index contributed by atoms with van der Waals surface area (Å²) in [6.45, 7) is 5.32. The fourth-order valence-corrected chi connectivity index (χ4v) is 2.47. The molecule has 1 aliphatic rings. The lowest BCUT2D eigenvalue weighted by molar-refractivity contribution is 0.112. The molecule has 0 saturated heterocycles. The molecule has 0 N–H and O–H groups in total. The third kappa shape index (κ3) is 2.25. The van der Waals surface area contributed by atoms with Gasteiger partial charge in [0.15, 0.2) is 6.29 Å². The first-order valence-electron chi connectivity index (χ1n) is 5.40. The van der Waals surface area contributed by atoms with Crippen molar-refractivity contribution in [2.75, 3.05) is 6.54 Å². The van der Waals surface area contributed by atoms with Crippen molar-refractivity contribution in [2.45, 2.75) is 19.9 Å². The lowest BCUT2D eigenvalue weighted by atomic mass is 10.1. The maximum atomic E-state index is 10.6. The molecule has 0 saturated carbocycles. The highest BCUT2D eigenvalue weighted by Gasteiger charge is 2.11. The molecule has 2 heterocycles. The Kier molecular flexibility index (Phi) is 3.25. The van der Waals surface area contributed by atoms with Gasteiger partial charge >= 0.3 is 0 Å². The number of allylic oxidation sites excluding steroid dienone is 2. The zero-order chi connectivity index (χ0) is 11.5. The molecule has 0 aliphatic carbocycles. The van der Waals surface area contributed by atoms with Crippen LogP contribution in [0.3, 0.4) is 0 Å². The Bertz CT molecular complexity index is 443. The van der Waals surface area contributed by atoms with E-state index in [2.05, 4.69) is 37.1 Å². The van der Waals surface area contributed by atoms with Gasteiger partial charge in [-0.2, -0.15) is 0 Å². The van der Waals surface area contributed by atoms with Gasteiger partial charge in [-0.25, -0.2) is 0 Å². The molecule has 0 bridgehead atoms. The highest BCUT2D eigenvalue weighted by molar-refractivity contribution is 7.14. The Balaban J connectivity index is 2.26. The summed E-state index contributed by atoms with van der Waals surface area (Å²) in [5.41, 5.74) is 1.19. The van der Waals surface area contributed by atoms with E-state index in [1.54, 1.807) is 0 Å². The summed E-state index contributed by atoms with van der Waals surface area (Å²) in [6.07, 6.45) is 7.36. The van der Waals surface area contributed by atoms with Crippen LogP contribution in [-0.4, -0.2) is 23.8 Å². The minimum atomic E-state index is 0.505. The maximum absolute atomic E-state index is 10.6. The Morgan fingerprint density at radius 3 is 2.88 bits per heavy atom. The van der Waals surface area contributed by atoms with Gasteiger partial charge in [-0.3, -0.25) is 4.79 Å². The third-order valence-corrected chi connectivity index (χ3v) is 3.67. The van der Waals surface area contributed by atoms with Gasteiger partial charge in [-0.1, -0.05) is 12.2 Å². The molecule has 1 aliphatic heterocycles. The van der Waals surface area contributed by atoms with Crippen LogP contribution in [0, 0.1) is 0 Å². The lowest BCUT2D eigenvalue weighted by Crippen LogP contribution is -2.27. The number of nitrogens with zero attached hydrogens (tertiary/aromatic N) is 1. The second kappa shape index (κ2) is 4.66. The van der Waals surface area contributed by atoms with Crippen LogP contribution in [0.15, 0.2) is 30.5 Å². The fraction of sp³-hybridized carbons (Fsp3) is 0.308. The first-order chi connectivity index (χ1) is 7.70. The van der Waals surface area contributed by atoms with Crippen LogP contribution in [0.4, 0.5) is 0 Å². The minimum absolute atomic E-state index is 0.505. The van der Waals surface area contributed by atoms with E-state index >= 15 is 0 Å². The molecular weight excluding hydrogens is 218 g/mol. The predicted molar refractivity (Wildman–Crippen MR) is 68.7 cm³/mol. The smallest absolute Gasteiger partial charge is 0.160 e. The number of hydrogen-bond donors (Lipinski definition) is 0. The van der Waals surface area contributed by atoms with E-state index in [-0.39, 0.29) is 0 Å². The minimum Gasteiger partial charge on any atom is -0.371 e. The molecular formula is C13H15NOS. The van der Waals surface area contributed by atoms with Crippen molar-refractivity contribution in [3.05, 3.63) is 40.2 Å². The van der Waals surface area contributed by atoms with Gasteiger partial charge in [0.25, 0.3) is 0 Å². The largest absolute Gasteiger partial charge is 0.371 e. The van der Waals surface area contributed by atoms with Crippen molar-refractivity contribution in [3.8, 4) is 0 Å². The summed E-state index contributed by atoms with van der Waals surface area (Å²) in [4.78, 5) is 14.9. The zero-order valence-corrected chi connectivity index (χ0v) is 10.3. The SMILES string of the molecule is CC(C)N1C=C(c2ccc(C=O)s2)C=CC1. The first-order valence-corrected chi connectivity index (χ1v) is 6.22. The number of aldehydes is 1. The molecule has 2 rings (SSSR count). The molecule has 0 unspecified atom stereocenters. The Morgan fingerprint density at radius 1 is 1.44 bits per heavy atom. The van der Waals surface area contributed by atoms with Crippen LogP contribution in [0.2, 0.25) is 0 Å². The molecule has 0 atom stereocenters. The second-order valence-corrected chi connectivity index (χ2v) is 5.21. The van der Waals surface area contributed by atoms with E-state index in [0.717, 1.165) is 22.6 Å². The van der Waals surface area contributed by atoms with Crippen LogP contribution < -0.4 is 0 Å². The molecule has 1 aromatic rings. The van der Waals surface area contributed by atoms with Gasteiger partial charge in [-0.15, -0.1) is 11.3 Å². The number of thiophene rings is 1. The summed E-state index contributed by atoms with van der Waals surface area (Å²) < 4.78 is 0. The summed E-state index contributed by atoms with van der Waals surface area (Å²) in [5.74, 6) is 0. The quantitative estimate of drug-likeness (QED) is 0.747. The highest BCUT2D eigenvalue weighted by atomic mass is 32.1. The van der Waals surface area contributed by atoms with Gasteiger partial charge in [0.1, 0.15) is 0 Å². The number of carbonyl (C=O) groups excluding carboxylic acids is 1. The average molecular weight is 233 g/mol. The van der Waals surface area contributed by atoms with Crippen LogP contribution in [0.1, 0.15) is 28.4 Å². The molecule has 1 aromatic heterocycles. The van der Waals surface area contributed by atoms with E-state index in [1.165, 1.54) is 16.9 Å². The van der Waals surface area contributed by atoms with Crippen molar-refractivity contribution in [3.63, 3.8) is 0 Å². The van der Waals surface area contributed by atoms with Crippen molar-refractivity contribution in [1.29, 1.82) is 0 Å². The zero-order valence-electron chi connectivity index (χ0n) is 9.51. The number of rotatable bonds is 3. The van der Waals surface area contributed by atoms with E-state index in [0.29, 0.717) is 6.04 Å². The number of hydrogen-bond acceptors (Lipinski definition) is 3. The molecule has 0 spiro atoms. The van der Waals surface area contributed by atoms with Gasteiger partial charge in [0.05, 0.1) is 4.88 Å². The first kappa shape index (κ1) is 11.1. The summed E-state index contributed by atoms with van der Waals surface area (Å²) in [6, 6.07) is 4.38. The molecule has 0 aromatic carbocycles. The van der Waals surface area contributed by atoms with Gasteiger partial charge in [0, 0.05) is 29.2 Å². The van der Waals surface area contributed by atoms with Crippen molar-refractivity contribution < 1.29 is 4.79 Å². The van der Waals surface area contributed by atoms with Crippen LogP contribution >= 0.6 is 11.3 Å². The molecule has 0 amide bonds. The molecule has 0 fully saturated rings. The van der Waals surface area contributed by atoms with Crippen LogP contribution in [-0.2, 0) is 0 Å². The van der Waals surface area contributed by atoms with Crippen molar-refractivity contribution >= 4 is 23.2 Å². The van der Waals surface area contributed by atoms with E-state index in [4.69, 9.17) is 0 Å². The normalized spacial score (nSPS) is 15.4. The van der Waals surface area contributed by atoms with Crippen molar-refractivity contribution in [1.82, 2.24) is 4.90 Å². The second-order valence-electron chi connectivity index (χ2n) is 4.10. The Morgan fingerprint density at radius 2 is 2.25 bits per heavy atom. The van der Waals surface area contributed by atoms with E-state index < -0.39 is 0 Å². The Labute approximate surface area is 99.9 Å². The van der Waals surface area contributed by atoms with Gasteiger partial charge < -0.3 is 4.90 Å². The molecule has 3 heteroatoms. The molecule has 0 radical (unpaired) electrons. The number of carbonyl (C=O) groups is 1. The lowest BCUT2D eigenvalue weighted by Gasteiger charge is -2.26. The summed E-state index contributed by atoms with van der Waals surface area (Å²) >= 11 is 1.54. The monoisotopic (exact) mass is 233 g/mol. The summed E-state index contributed by atoms with van der Waals surface area (Å²) in [7, 11) is 0. The van der Waals surface area contributed by atoms with E-state index in [1.807, 2.05) is 12.1 Å². The van der Waals surface area contributed by atoms with Crippen LogP contribution in [0.5, 0.6) is 0 Å². The van der Waals surface area contributed by atoms with Gasteiger partial charge in [0.2, 0.25) is 0 Å². The fourth-order valence-electron chi connectivity index (χ4n) is 1.65. The standard InChI is InChI=1S/C13H15NOS/c1-10(2)14-7-3-4-11(8-14)13-6-5-12(9-15)16-13/h3-6,8-10H,7H2,1-2H3. The molecule has 16 heavy (non-hydrogen) atoms. The van der Waals surface area contributed by atoms with Gasteiger partial charge in [-0.05, 0) is 26.0 Å². The van der Waals surface area contributed by atoms with Crippen LogP contribution in [0.25, 0.3) is 5.57 Å². The third-order valence-electron chi connectivity index (χ3n) is 2.61. The highest BCUT2D eigenvalue weighted by Crippen LogP contribution is 2.27. The van der Waals surface area contributed by atoms with E-state index in [9.17, 15) is 4.79 Å². The molecule has 2 nitrogen and oxygen atoms in total. The predicted octanol–water partition coefficient (Wildman–Crippen LogP) is 3.18. The van der Waals surface area contributed by atoms with Crippen molar-refractivity contribution in [2.24, 2.45) is 0 Å².